The summed E-state index contributed by atoms with van der Waals surface area (Å²) in [6.07, 6.45) is 4.86. The summed E-state index contributed by atoms with van der Waals surface area (Å²) < 4.78 is 0. The molecule has 0 bridgehead atoms. The van der Waals surface area contributed by atoms with Crippen LogP contribution in [0.2, 0.25) is 0 Å². The Bertz CT molecular complexity index is 610. The van der Waals surface area contributed by atoms with Crippen LogP contribution in [0.1, 0.15) is 11.1 Å². The van der Waals surface area contributed by atoms with Gasteiger partial charge in [-0.15, -0.1) is 23.5 Å². The number of rotatable bonds is 2. The van der Waals surface area contributed by atoms with Crippen LogP contribution < -0.4 is 0 Å². The van der Waals surface area contributed by atoms with E-state index < -0.39 is 0 Å². The molecule has 0 N–H and O–H groups in total. The lowest BCUT2D eigenvalue weighted by Crippen LogP contribution is -2.04. The zero-order chi connectivity index (χ0) is 13.4. The van der Waals surface area contributed by atoms with Crippen molar-refractivity contribution in [2.45, 2.75) is 10.5 Å². The second-order valence-electron chi connectivity index (χ2n) is 4.96. The molecule has 98 valence electrons. The van der Waals surface area contributed by atoms with Crippen LogP contribution in [0.5, 0.6) is 0 Å². The molecule has 0 aliphatic carbocycles. The molecular formula is C18H14S2. The highest BCUT2D eigenvalue weighted by Gasteiger charge is 2.34. The van der Waals surface area contributed by atoms with Crippen molar-refractivity contribution in [2.75, 3.05) is 0 Å². The SMILES string of the molecule is C1=C(c2ccccc2)SC2C=C(c3ccccc3)SC12. The van der Waals surface area contributed by atoms with Gasteiger partial charge in [-0.05, 0) is 11.1 Å². The zero-order valence-electron chi connectivity index (χ0n) is 10.9. The molecule has 2 aromatic carbocycles. The summed E-state index contributed by atoms with van der Waals surface area (Å²) in [4.78, 5) is 2.85. The first-order valence-corrected chi connectivity index (χ1v) is 8.54. The van der Waals surface area contributed by atoms with Gasteiger partial charge in [-0.3, -0.25) is 0 Å². The van der Waals surface area contributed by atoms with Crippen molar-refractivity contribution in [2.24, 2.45) is 0 Å². The fraction of sp³-hybridized carbons (Fsp3) is 0.111. The van der Waals surface area contributed by atoms with Crippen LogP contribution in [0.25, 0.3) is 9.81 Å². The third kappa shape index (κ3) is 2.23. The summed E-state index contributed by atoms with van der Waals surface area (Å²) in [5, 5.41) is 1.18. The predicted octanol–water partition coefficient (Wildman–Crippen LogP) is 5.30. The highest BCUT2D eigenvalue weighted by Crippen LogP contribution is 2.52. The van der Waals surface area contributed by atoms with Gasteiger partial charge >= 0.3 is 0 Å². The van der Waals surface area contributed by atoms with Crippen LogP contribution >= 0.6 is 23.5 Å². The molecule has 0 fully saturated rings. The molecule has 2 atom stereocenters. The van der Waals surface area contributed by atoms with Crippen LogP contribution in [0.15, 0.2) is 72.8 Å². The third-order valence-electron chi connectivity index (χ3n) is 3.60. The Hall–Kier alpha value is -1.38. The van der Waals surface area contributed by atoms with Crippen LogP contribution in [0, 0.1) is 0 Å². The first-order valence-electron chi connectivity index (χ1n) is 6.78. The van der Waals surface area contributed by atoms with E-state index in [1.165, 1.54) is 20.9 Å². The van der Waals surface area contributed by atoms with Gasteiger partial charge in [0.1, 0.15) is 0 Å². The Balaban J connectivity index is 1.56. The lowest BCUT2D eigenvalue weighted by Gasteiger charge is -2.04. The number of hydrogen-bond acceptors (Lipinski definition) is 2. The molecule has 0 saturated carbocycles. The molecule has 2 heteroatoms. The second-order valence-corrected chi connectivity index (χ2v) is 7.40. The van der Waals surface area contributed by atoms with Gasteiger partial charge in [-0.1, -0.05) is 72.8 Å². The molecule has 2 aliphatic heterocycles. The molecule has 2 unspecified atom stereocenters. The third-order valence-corrected chi connectivity index (χ3v) is 6.42. The largest absolute Gasteiger partial charge is 0.117 e. The lowest BCUT2D eigenvalue weighted by molar-refractivity contribution is 1.15. The molecule has 0 saturated heterocycles. The van der Waals surface area contributed by atoms with Crippen molar-refractivity contribution < 1.29 is 0 Å². The smallest absolute Gasteiger partial charge is 0.0446 e. The normalized spacial score (nSPS) is 24.2. The lowest BCUT2D eigenvalue weighted by atomic mass is 10.1. The topological polar surface area (TPSA) is 0 Å². The number of thioether (sulfide) groups is 2. The first-order chi connectivity index (χ1) is 9.90. The predicted molar refractivity (Wildman–Crippen MR) is 91.6 cm³/mol. The Morgan fingerprint density at radius 1 is 0.550 bits per heavy atom. The molecule has 0 radical (unpaired) electrons. The van der Waals surface area contributed by atoms with E-state index in [-0.39, 0.29) is 0 Å². The highest BCUT2D eigenvalue weighted by atomic mass is 32.2. The molecule has 2 aromatic rings. The summed E-state index contributed by atoms with van der Waals surface area (Å²) in [6.45, 7) is 0. The Kier molecular flexibility index (Phi) is 3.21. The van der Waals surface area contributed by atoms with Crippen molar-refractivity contribution in [3.63, 3.8) is 0 Å². The molecule has 0 amide bonds. The molecule has 0 nitrogen and oxygen atoms in total. The number of benzene rings is 2. The van der Waals surface area contributed by atoms with E-state index in [0.717, 1.165) is 0 Å². The summed E-state index contributed by atoms with van der Waals surface area (Å²) in [5.41, 5.74) is 2.70. The van der Waals surface area contributed by atoms with Crippen molar-refractivity contribution >= 4 is 33.3 Å². The van der Waals surface area contributed by atoms with E-state index in [9.17, 15) is 0 Å². The maximum atomic E-state index is 2.43. The van der Waals surface area contributed by atoms with E-state index in [1.807, 2.05) is 23.5 Å². The van der Waals surface area contributed by atoms with Crippen LogP contribution in [-0.2, 0) is 0 Å². The Morgan fingerprint density at radius 3 is 1.35 bits per heavy atom. The van der Waals surface area contributed by atoms with E-state index in [2.05, 4.69) is 72.8 Å². The molecular weight excluding hydrogens is 280 g/mol. The summed E-state index contributed by atoms with van der Waals surface area (Å²) in [6, 6.07) is 21.4. The van der Waals surface area contributed by atoms with Gasteiger partial charge in [0.05, 0.1) is 0 Å². The molecule has 0 spiro atoms. The van der Waals surface area contributed by atoms with Gasteiger partial charge in [0, 0.05) is 20.3 Å². The average Bonchev–Trinajstić information content (AvgIpc) is 3.08. The van der Waals surface area contributed by atoms with Crippen LogP contribution in [-0.4, -0.2) is 10.5 Å². The van der Waals surface area contributed by atoms with Gasteiger partial charge in [0.2, 0.25) is 0 Å². The quantitative estimate of drug-likeness (QED) is 0.737. The van der Waals surface area contributed by atoms with Crippen LogP contribution in [0.4, 0.5) is 0 Å². The standard InChI is InChI=1S/C18H14S2/c1-3-7-13(8-4-1)15-11-17-18(19-15)12-16(20-17)14-9-5-2-6-10-14/h1-12,17-18H. The van der Waals surface area contributed by atoms with Crippen molar-refractivity contribution in [3.05, 3.63) is 83.9 Å². The summed E-state index contributed by atoms with van der Waals surface area (Å²) in [5.74, 6) is 0. The average molecular weight is 294 g/mol. The maximum absolute atomic E-state index is 2.43. The Labute approximate surface area is 128 Å². The van der Waals surface area contributed by atoms with Gasteiger partial charge < -0.3 is 0 Å². The van der Waals surface area contributed by atoms with Crippen molar-refractivity contribution in [1.82, 2.24) is 0 Å². The number of hydrogen-bond donors (Lipinski definition) is 0. The molecule has 20 heavy (non-hydrogen) atoms. The summed E-state index contributed by atoms with van der Waals surface area (Å²) >= 11 is 3.99. The van der Waals surface area contributed by atoms with E-state index in [1.54, 1.807) is 0 Å². The maximum Gasteiger partial charge on any atom is 0.0446 e. The zero-order valence-corrected chi connectivity index (χ0v) is 12.5. The fourth-order valence-corrected chi connectivity index (χ4v) is 5.52. The van der Waals surface area contributed by atoms with Crippen LogP contribution in [0.3, 0.4) is 0 Å². The van der Waals surface area contributed by atoms with Gasteiger partial charge in [0.15, 0.2) is 0 Å². The van der Waals surface area contributed by atoms with Crippen molar-refractivity contribution in [3.8, 4) is 0 Å². The molecule has 0 aromatic heterocycles. The van der Waals surface area contributed by atoms with Crippen molar-refractivity contribution in [1.29, 1.82) is 0 Å². The van der Waals surface area contributed by atoms with Gasteiger partial charge in [-0.25, -0.2) is 0 Å². The van der Waals surface area contributed by atoms with E-state index >= 15 is 0 Å². The first kappa shape index (κ1) is 12.4. The monoisotopic (exact) mass is 294 g/mol. The summed E-state index contributed by atoms with van der Waals surface area (Å²) in [7, 11) is 0. The molecule has 2 aliphatic rings. The van der Waals surface area contributed by atoms with E-state index in [0.29, 0.717) is 10.5 Å². The fourth-order valence-electron chi connectivity index (χ4n) is 2.60. The minimum absolute atomic E-state index is 0.588. The van der Waals surface area contributed by atoms with Gasteiger partial charge in [-0.2, -0.15) is 0 Å². The molecule has 4 rings (SSSR count). The second kappa shape index (κ2) is 5.19. The highest BCUT2D eigenvalue weighted by molar-refractivity contribution is 8.14. The van der Waals surface area contributed by atoms with E-state index in [4.69, 9.17) is 0 Å². The number of fused-ring (bicyclic) bond motifs is 1. The minimum atomic E-state index is 0.588. The Morgan fingerprint density at radius 2 is 0.950 bits per heavy atom. The van der Waals surface area contributed by atoms with Gasteiger partial charge in [0.25, 0.3) is 0 Å². The minimum Gasteiger partial charge on any atom is -0.117 e. The molecule has 2 heterocycles.